The average Bonchev–Trinajstić information content (AvgIpc) is 3.41. The molecule has 1 atom stereocenters. The van der Waals surface area contributed by atoms with Gasteiger partial charge in [0.05, 0.1) is 18.1 Å². The maximum atomic E-state index is 13.7. The lowest BCUT2D eigenvalue weighted by Gasteiger charge is -2.24. The summed E-state index contributed by atoms with van der Waals surface area (Å²) in [4.78, 5) is 32.4. The summed E-state index contributed by atoms with van der Waals surface area (Å²) in [7, 11) is 1.63. The number of benzene rings is 2. The lowest BCUT2D eigenvalue weighted by Crippen LogP contribution is -2.32. The van der Waals surface area contributed by atoms with Crippen LogP contribution in [0, 0.1) is 6.92 Å². The second-order valence-corrected chi connectivity index (χ2v) is 7.93. The van der Waals surface area contributed by atoms with E-state index < -0.39 is 0 Å². The van der Waals surface area contributed by atoms with Crippen LogP contribution in [-0.4, -0.2) is 44.4 Å². The van der Waals surface area contributed by atoms with Crippen LogP contribution in [0.5, 0.6) is 5.75 Å². The highest BCUT2D eigenvalue weighted by molar-refractivity contribution is 5.98. The number of carbonyl (C=O) groups excluding carboxylic acids is 1. The number of aryl methyl sites for hydroxylation is 1. The smallest absolute Gasteiger partial charge is 0.275 e. The predicted octanol–water partition coefficient (Wildman–Crippen LogP) is 4.48. The number of nitrogens with one attached hydrogen (secondary N) is 1. The van der Waals surface area contributed by atoms with Crippen molar-refractivity contribution >= 4 is 16.9 Å². The van der Waals surface area contributed by atoms with Crippen molar-refractivity contribution in [1.29, 1.82) is 0 Å². The number of imidazole rings is 1. The number of rotatable bonds is 4. The molecule has 1 aliphatic heterocycles. The van der Waals surface area contributed by atoms with Crippen LogP contribution >= 0.6 is 0 Å². The van der Waals surface area contributed by atoms with Gasteiger partial charge < -0.3 is 14.6 Å². The van der Waals surface area contributed by atoms with Crippen molar-refractivity contribution in [2.45, 2.75) is 19.4 Å². The monoisotopic (exact) mass is 425 g/mol. The minimum absolute atomic E-state index is 0.185. The summed E-state index contributed by atoms with van der Waals surface area (Å²) >= 11 is 0. The second kappa shape index (κ2) is 7.92. The van der Waals surface area contributed by atoms with Gasteiger partial charge in [0.15, 0.2) is 5.69 Å². The van der Waals surface area contributed by atoms with E-state index >= 15 is 0 Å². The molecule has 32 heavy (non-hydrogen) atoms. The topological polar surface area (TPSA) is 84.0 Å². The molecule has 2 aromatic heterocycles. The summed E-state index contributed by atoms with van der Waals surface area (Å²) in [6, 6.07) is 13.2. The number of ether oxygens (including phenoxy) is 1. The first kappa shape index (κ1) is 19.9. The van der Waals surface area contributed by atoms with Gasteiger partial charge in [0.1, 0.15) is 23.3 Å². The van der Waals surface area contributed by atoms with Crippen molar-refractivity contribution in [1.82, 2.24) is 24.8 Å². The van der Waals surface area contributed by atoms with E-state index in [0.29, 0.717) is 30.2 Å². The molecule has 1 amide bonds. The summed E-state index contributed by atoms with van der Waals surface area (Å²) in [5, 5.41) is 0. The largest absolute Gasteiger partial charge is 0.497 e. The molecule has 160 valence electrons. The van der Waals surface area contributed by atoms with Crippen LogP contribution in [0.15, 0.2) is 67.0 Å². The molecule has 1 saturated heterocycles. The van der Waals surface area contributed by atoms with Gasteiger partial charge >= 0.3 is 0 Å². The summed E-state index contributed by atoms with van der Waals surface area (Å²) in [5.74, 6) is 1.24. The first-order valence-electron chi connectivity index (χ1n) is 10.5. The standard InChI is InChI=1S/C25H23N5O2/c1-15-4-6-17(7-5-15)21-22(27-12-11-26-21)25(31)30-13-10-16(2)23(30)24-28-19-9-8-18(32-3)14-20(19)29-24/h4-9,11-12,14,23H,2,10,13H2,1,3H3,(H,28,29)/t23-/m0/s1. The molecule has 3 heterocycles. The van der Waals surface area contributed by atoms with Gasteiger partial charge in [-0.1, -0.05) is 36.4 Å². The molecule has 0 spiro atoms. The maximum Gasteiger partial charge on any atom is 0.275 e. The number of likely N-dealkylation sites (tertiary alicyclic amines) is 1. The highest BCUT2D eigenvalue weighted by Gasteiger charge is 2.37. The van der Waals surface area contributed by atoms with Gasteiger partial charge in [0, 0.05) is 30.6 Å². The van der Waals surface area contributed by atoms with E-state index in [0.717, 1.165) is 33.5 Å². The Bertz CT molecular complexity index is 1330. The average molecular weight is 425 g/mol. The first-order chi connectivity index (χ1) is 15.5. The molecule has 1 fully saturated rings. The Kier molecular flexibility index (Phi) is 4.93. The number of methoxy groups -OCH3 is 1. The third-order valence-corrected chi connectivity index (χ3v) is 5.83. The fraction of sp³-hybridized carbons (Fsp3) is 0.200. The molecule has 0 bridgehead atoms. The molecule has 0 radical (unpaired) electrons. The molecule has 0 aliphatic carbocycles. The Morgan fingerprint density at radius 3 is 2.72 bits per heavy atom. The Morgan fingerprint density at radius 2 is 1.94 bits per heavy atom. The summed E-state index contributed by atoms with van der Waals surface area (Å²) in [6.45, 7) is 6.79. The first-order valence-corrected chi connectivity index (χ1v) is 10.5. The zero-order valence-electron chi connectivity index (χ0n) is 18.0. The van der Waals surface area contributed by atoms with E-state index in [2.05, 4.69) is 21.5 Å². The summed E-state index contributed by atoms with van der Waals surface area (Å²) in [5.41, 5.74) is 5.50. The van der Waals surface area contributed by atoms with Gasteiger partial charge in [-0.2, -0.15) is 0 Å². The zero-order valence-corrected chi connectivity index (χ0v) is 18.0. The summed E-state index contributed by atoms with van der Waals surface area (Å²) < 4.78 is 5.31. The molecule has 0 unspecified atom stereocenters. The number of aromatic nitrogens is 4. The molecular formula is C25H23N5O2. The van der Waals surface area contributed by atoms with Gasteiger partial charge in [-0.3, -0.25) is 9.78 Å². The quantitative estimate of drug-likeness (QED) is 0.488. The lowest BCUT2D eigenvalue weighted by atomic mass is 10.1. The van der Waals surface area contributed by atoms with E-state index in [1.165, 1.54) is 0 Å². The van der Waals surface area contributed by atoms with E-state index in [1.807, 2.05) is 49.4 Å². The number of carbonyl (C=O) groups is 1. The van der Waals surface area contributed by atoms with E-state index in [4.69, 9.17) is 9.72 Å². The molecule has 5 rings (SSSR count). The number of H-pyrrole nitrogens is 1. The van der Waals surface area contributed by atoms with Crippen molar-refractivity contribution in [3.63, 3.8) is 0 Å². The van der Waals surface area contributed by atoms with Crippen molar-refractivity contribution in [3.8, 4) is 17.0 Å². The summed E-state index contributed by atoms with van der Waals surface area (Å²) in [6.07, 6.45) is 3.87. The maximum absolute atomic E-state index is 13.7. The van der Waals surface area contributed by atoms with E-state index in [1.54, 1.807) is 24.4 Å². The molecule has 2 aromatic carbocycles. The number of hydrogen-bond acceptors (Lipinski definition) is 5. The SMILES string of the molecule is C=C1CCN(C(=O)c2nccnc2-c2ccc(C)cc2)[C@@H]1c1nc2ccc(OC)cc2[nH]1. The van der Waals surface area contributed by atoms with Crippen LogP contribution < -0.4 is 4.74 Å². The normalized spacial score (nSPS) is 16.0. The third kappa shape index (κ3) is 3.41. The fourth-order valence-corrected chi connectivity index (χ4v) is 4.13. The van der Waals surface area contributed by atoms with Gasteiger partial charge in [0.25, 0.3) is 5.91 Å². The number of nitrogens with zero attached hydrogens (tertiary/aromatic N) is 4. The minimum atomic E-state index is -0.353. The molecular weight excluding hydrogens is 402 g/mol. The predicted molar refractivity (Wildman–Crippen MR) is 122 cm³/mol. The number of hydrogen-bond donors (Lipinski definition) is 1. The molecule has 0 saturated carbocycles. The molecule has 4 aromatic rings. The highest BCUT2D eigenvalue weighted by Crippen LogP contribution is 2.37. The highest BCUT2D eigenvalue weighted by atomic mass is 16.5. The van der Waals surface area contributed by atoms with Gasteiger partial charge in [-0.25, -0.2) is 9.97 Å². The number of amides is 1. The van der Waals surface area contributed by atoms with Crippen LogP contribution in [0.25, 0.3) is 22.3 Å². The number of aromatic amines is 1. The molecule has 7 nitrogen and oxygen atoms in total. The van der Waals surface area contributed by atoms with Crippen LogP contribution in [0.3, 0.4) is 0 Å². The van der Waals surface area contributed by atoms with E-state index in [-0.39, 0.29) is 11.9 Å². The van der Waals surface area contributed by atoms with Crippen molar-refractivity contribution in [2.75, 3.05) is 13.7 Å². The third-order valence-electron chi connectivity index (χ3n) is 5.83. The van der Waals surface area contributed by atoms with Crippen LogP contribution in [0.4, 0.5) is 0 Å². The van der Waals surface area contributed by atoms with Gasteiger partial charge in [-0.05, 0) is 31.1 Å². The van der Waals surface area contributed by atoms with Gasteiger partial charge in [-0.15, -0.1) is 0 Å². The second-order valence-electron chi connectivity index (χ2n) is 7.93. The Balaban J connectivity index is 1.53. The lowest BCUT2D eigenvalue weighted by molar-refractivity contribution is 0.0736. The van der Waals surface area contributed by atoms with Crippen LogP contribution in [-0.2, 0) is 0 Å². The Morgan fingerprint density at radius 1 is 1.16 bits per heavy atom. The van der Waals surface area contributed by atoms with Gasteiger partial charge in [0.2, 0.25) is 0 Å². The Hall–Kier alpha value is -4.00. The molecule has 1 N–H and O–H groups in total. The van der Waals surface area contributed by atoms with Crippen LogP contribution in [0.1, 0.15) is 34.3 Å². The van der Waals surface area contributed by atoms with Crippen molar-refractivity contribution in [3.05, 3.63) is 84.1 Å². The van der Waals surface area contributed by atoms with Crippen LogP contribution in [0.2, 0.25) is 0 Å². The van der Waals surface area contributed by atoms with E-state index in [9.17, 15) is 4.79 Å². The number of fused-ring (bicyclic) bond motifs is 1. The molecule has 1 aliphatic rings. The fourth-order valence-electron chi connectivity index (χ4n) is 4.13. The minimum Gasteiger partial charge on any atom is -0.497 e. The van der Waals surface area contributed by atoms with Crippen molar-refractivity contribution in [2.24, 2.45) is 0 Å². The molecule has 7 heteroatoms. The van der Waals surface area contributed by atoms with Crippen molar-refractivity contribution < 1.29 is 9.53 Å². The zero-order chi connectivity index (χ0) is 22.2. The Labute approximate surface area is 185 Å².